The van der Waals surface area contributed by atoms with E-state index < -0.39 is 29.8 Å². The Balaban J connectivity index is 2.00. The van der Waals surface area contributed by atoms with Gasteiger partial charge in [0.25, 0.3) is 0 Å². The predicted octanol–water partition coefficient (Wildman–Crippen LogP) is 3.49. The van der Waals surface area contributed by atoms with Crippen molar-refractivity contribution in [2.45, 2.75) is 12.5 Å². The molecule has 2 heterocycles. The van der Waals surface area contributed by atoms with Crippen molar-refractivity contribution in [2.24, 2.45) is 18.9 Å². The third-order valence-corrected chi connectivity index (χ3v) is 6.23. The molecule has 0 saturated carbocycles. The minimum atomic E-state index is -0.717. The van der Waals surface area contributed by atoms with Crippen LogP contribution in [0.4, 0.5) is 5.69 Å². The van der Waals surface area contributed by atoms with Crippen molar-refractivity contribution in [3.05, 3.63) is 65.9 Å². The molecule has 156 valence electrons. The van der Waals surface area contributed by atoms with Gasteiger partial charge in [0.1, 0.15) is 0 Å². The van der Waals surface area contributed by atoms with Gasteiger partial charge in [-0.1, -0.05) is 36.4 Å². The van der Waals surface area contributed by atoms with Gasteiger partial charge in [-0.15, -0.1) is 0 Å². The summed E-state index contributed by atoms with van der Waals surface area (Å²) in [5, 5.41) is 1.05. The quantitative estimate of drug-likeness (QED) is 0.623. The monoisotopic (exact) mass is 406 g/mol. The number of aryl methyl sites for hydroxylation is 1. The lowest BCUT2D eigenvalue weighted by Crippen LogP contribution is -2.41. The van der Waals surface area contributed by atoms with Gasteiger partial charge in [-0.05, 0) is 24.1 Å². The highest BCUT2D eigenvalue weighted by Gasteiger charge is 2.47. The summed E-state index contributed by atoms with van der Waals surface area (Å²) in [6.07, 6.45) is 2.46. The standard InChI is InChI=1S/C24H26N2O4/c1-25-14-18(16-10-6-8-12-20(16)25)22-21(24(28)30-4)17(23(27)29-3)13-15-9-5-7-11-19(15)26(22)2/h5-12,14,17,21-22H,13H2,1-4H3. The Morgan fingerprint density at radius 1 is 0.933 bits per heavy atom. The van der Waals surface area contributed by atoms with E-state index in [9.17, 15) is 9.59 Å². The molecule has 0 amide bonds. The lowest BCUT2D eigenvalue weighted by Gasteiger charge is -2.35. The fraction of sp³-hybridized carbons (Fsp3) is 0.333. The highest BCUT2D eigenvalue weighted by Crippen LogP contribution is 2.45. The summed E-state index contributed by atoms with van der Waals surface area (Å²) in [5.74, 6) is -2.19. The molecule has 0 aliphatic carbocycles. The Kier molecular flexibility index (Phi) is 5.24. The summed E-state index contributed by atoms with van der Waals surface area (Å²) >= 11 is 0. The van der Waals surface area contributed by atoms with Crippen molar-refractivity contribution in [1.29, 1.82) is 0 Å². The maximum atomic E-state index is 13.1. The summed E-state index contributed by atoms with van der Waals surface area (Å²) in [5.41, 5.74) is 4.05. The molecule has 0 radical (unpaired) electrons. The number of anilines is 1. The van der Waals surface area contributed by atoms with Crippen LogP contribution in [-0.2, 0) is 32.5 Å². The minimum absolute atomic E-state index is 0.392. The third kappa shape index (κ3) is 3.12. The topological polar surface area (TPSA) is 60.8 Å². The number of carbonyl (C=O) groups is 2. The Morgan fingerprint density at radius 3 is 2.33 bits per heavy atom. The van der Waals surface area contributed by atoms with E-state index in [0.29, 0.717) is 6.42 Å². The van der Waals surface area contributed by atoms with Gasteiger partial charge in [0.05, 0.1) is 32.1 Å². The molecule has 6 nitrogen and oxygen atoms in total. The zero-order valence-corrected chi connectivity index (χ0v) is 17.7. The smallest absolute Gasteiger partial charge is 0.312 e. The second kappa shape index (κ2) is 7.86. The van der Waals surface area contributed by atoms with Crippen LogP contribution in [0.5, 0.6) is 0 Å². The number of esters is 2. The van der Waals surface area contributed by atoms with Gasteiger partial charge in [0.2, 0.25) is 0 Å². The van der Waals surface area contributed by atoms with Gasteiger partial charge >= 0.3 is 11.9 Å². The number of rotatable bonds is 3. The fourth-order valence-electron chi connectivity index (χ4n) is 4.82. The number of aromatic nitrogens is 1. The second-order valence-corrected chi connectivity index (χ2v) is 7.78. The number of carbonyl (C=O) groups excluding carboxylic acids is 2. The molecule has 2 aromatic carbocycles. The SMILES string of the molecule is COC(=O)C1Cc2ccccc2N(C)C(c2cn(C)c3ccccc23)C1C(=O)OC. The normalized spacial score (nSPS) is 21.1. The van der Waals surface area contributed by atoms with Crippen molar-refractivity contribution in [1.82, 2.24) is 4.57 Å². The van der Waals surface area contributed by atoms with Crippen LogP contribution < -0.4 is 4.90 Å². The van der Waals surface area contributed by atoms with E-state index in [1.807, 2.05) is 56.7 Å². The molecule has 1 aliphatic heterocycles. The van der Waals surface area contributed by atoms with Crippen molar-refractivity contribution in [2.75, 3.05) is 26.2 Å². The highest BCUT2D eigenvalue weighted by molar-refractivity contribution is 5.89. The molecule has 3 aromatic rings. The Hall–Kier alpha value is -3.28. The molecule has 0 fully saturated rings. The number of fused-ring (bicyclic) bond motifs is 2. The first-order chi connectivity index (χ1) is 14.5. The summed E-state index contributed by atoms with van der Waals surface area (Å²) < 4.78 is 12.4. The molecular formula is C24H26N2O4. The highest BCUT2D eigenvalue weighted by atomic mass is 16.5. The fourth-order valence-corrected chi connectivity index (χ4v) is 4.82. The zero-order valence-electron chi connectivity index (χ0n) is 17.7. The van der Waals surface area contributed by atoms with Crippen LogP contribution in [0.1, 0.15) is 17.2 Å². The van der Waals surface area contributed by atoms with Crippen LogP contribution in [0.25, 0.3) is 10.9 Å². The summed E-state index contributed by atoms with van der Waals surface area (Å²) in [6, 6.07) is 15.6. The average molecular weight is 406 g/mol. The molecule has 30 heavy (non-hydrogen) atoms. The van der Waals surface area contributed by atoms with E-state index in [-0.39, 0.29) is 0 Å². The van der Waals surface area contributed by atoms with E-state index in [1.165, 1.54) is 14.2 Å². The molecule has 4 rings (SSSR count). The zero-order chi connectivity index (χ0) is 21.4. The summed E-state index contributed by atoms with van der Waals surface area (Å²) in [6.45, 7) is 0. The average Bonchev–Trinajstić information content (AvgIpc) is 3.04. The molecule has 0 spiro atoms. The Labute approximate surface area is 176 Å². The van der Waals surface area contributed by atoms with E-state index >= 15 is 0 Å². The van der Waals surface area contributed by atoms with Crippen molar-refractivity contribution >= 4 is 28.5 Å². The molecule has 3 atom stereocenters. The number of hydrogen-bond acceptors (Lipinski definition) is 5. The predicted molar refractivity (Wildman–Crippen MR) is 115 cm³/mol. The lowest BCUT2D eigenvalue weighted by molar-refractivity contribution is -0.158. The first-order valence-electron chi connectivity index (χ1n) is 9.98. The summed E-state index contributed by atoms with van der Waals surface area (Å²) in [4.78, 5) is 28.1. The van der Waals surface area contributed by atoms with Gasteiger partial charge in [-0.25, -0.2) is 0 Å². The maximum absolute atomic E-state index is 13.1. The Morgan fingerprint density at radius 2 is 1.60 bits per heavy atom. The Bertz CT molecular complexity index is 1100. The molecular weight excluding hydrogens is 380 g/mol. The number of nitrogens with zero attached hydrogens (tertiary/aromatic N) is 2. The number of benzene rings is 2. The summed E-state index contributed by atoms with van der Waals surface area (Å²) in [7, 11) is 6.70. The van der Waals surface area contributed by atoms with Crippen LogP contribution in [-0.4, -0.2) is 37.8 Å². The molecule has 6 heteroatoms. The number of para-hydroxylation sites is 2. The van der Waals surface area contributed by atoms with Gasteiger partial charge in [-0.2, -0.15) is 0 Å². The van der Waals surface area contributed by atoms with E-state index in [1.54, 1.807) is 0 Å². The second-order valence-electron chi connectivity index (χ2n) is 7.78. The van der Waals surface area contributed by atoms with Gasteiger partial charge in [0, 0.05) is 42.4 Å². The molecule has 3 unspecified atom stereocenters. The van der Waals surface area contributed by atoms with Gasteiger partial charge in [0.15, 0.2) is 0 Å². The minimum Gasteiger partial charge on any atom is -0.469 e. The largest absolute Gasteiger partial charge is 0.469 e. The number of ether oxygens (including phenoxy) is 2. The van der Waals surface area contributed by atoms with Crippen molar-refractivity contribution in [3.63, 3.8) is 0 Å². The van der Waals surface area contributed by atoms with Crippen molar-refractivity contribution in [3.8, 4) is 0 Å². The van der Waals surface area contributed by atoms with E-state index in [0.717, 1.165) is 27.7 Å². The van der Waals surface area contributed by atoms with Gasteiger partial charge < -0.3 is 18.9 Å². The van der Waals surface area contributed by atoms with Crippen LogP contribution >= 0.6 is 0 Å². The van der Waals surface area contributed by atoms with Crippen LogP contribution in [0.3, 0.4) is 0 Å². The molecule has 0 saturated heterocycles. The van der Waals surface area contributed by atoms with E-state index in [4.69, 9.17) is 9.47 Å². The number of hydrogen-bond donors (Lipinski definition) is 0. The van der Waals surface area contributed by atoms with Crippen molar-refractivity contribution < 1.29 is 19.1 Å². The molecule has 1 aliphatic rings. The van der Waals surface area contributed by atoms with E-state index in [2.05, 4.69) is 21.6 Å². The number of methoxy groups -OCH3 is 2. The first kappa shape index (κ1) is 20.0. The first-order valence-corrected chi connectivity index (χ1v) is 9.98. The van der Waals surface area contributed by atoms with Gasteiger partial charge in [-0.3, -0.25) is 9.59 Å². The third-order valence-electron chi connectivity index (χ3n) is 6.23. The van der Waals surface area contributed by atoms with Crippen LogP contribution in [0, 0.1) is 11.8 Å². The molecule has 1 aromatic heterocycles. The lowest BCUT2D eigenvalue weighted by atomic mass is 9.80. The maximum Gasteiger partial charge on any atom is 0.312 e. The molecule has 0 N–H and O–H groups in total. The van der Waals surface area contributed by atoms with Crippen LogP contribution in [0.2, 0.25) is 0 Å². The van der Waals surface area contributed by atoms with Crippen LogP contribution in [0.15, 0.2) is 54.7 Å². The molecule has 0 bridgehead atoms.